The van der Waals surface area contributed by atoms with Gasteiger partial charge < -0.3 is 10.1 Å². The minimum Gasteiger partial charge on any atom is -0.494 e. The van der Waals surface area contributed by atoms with Crippen molar-refractivity contribution in [3.05, 3.63) is 67.1 Å². The number of pyridine rings is 2. The molecule has 0 aliphatic rings. The average molecular weight is 406 g/mol. The predicted octanol–water partition coefficient (Wildman–Crippen LogP) is 2.78. The highest BCUT2D eigenvalue weighted by molar-refractivity contribution is 7.92. The molecule has 0 aliphatic heterocycles. The molecule has 1 aromatic carbocycles. The van der Waals surface area contributed by atoms with E-state index < -0.39 is 10.0 Å². The minimum atomic E-state index is -3.85. The molecule has 3 N–H and O–H groups in total. The second-order valence-electron chi connectivity index (χ2n) is 6.34. The van der Waals surface area contributed by atoms with Crippen LogP contribution in [0.4, 0.5) is 5.69 Å². The van der Waals surface area contributed by atoms with Crippen molar-refractivity contribution >= 4 is 32.3 Å². The molecular formula is C19H14N6O3S. The normalized spacial score (nSPS) is 11.9. The average Bonchev–Trinajstić information content (AvgIpc) is 3.27. The lowest BCUT2D eigenvalue weighted by atomic mass is 10.1. The fourth-order valence-electron chi connectivity index (χ4n) is 3.12. The number of rotatable bonds is 4. The van der Waals surface area contributed by atoms with Crippen LogP contribution in [0.2, 0.25) is 0 Å². The summed E-state index contributed by atoms with van der Waals surface area (Å²) in [6, 6.07) is 13.2. The lowest BCUT2D eigenvalue weighted by Crippen LogP contribution is -2.12. The first-order valence-corrected chi connectivity index (χ1v) is 10.1. The summed E-state index contributed by atoms with van der Waals surface area (Å²) in [5.41, 5.74) is 1.86. The summed E-state index contributed by atoms with van der Waals surface area (Å²) < 4.78 is 29.7. The van der Waals surface area contributed by atoms with Crippen LogP contribution in [-0.4, -0.2) is 38.1 Å². The van der Waals surface area contributed by atoms with E-state index in [-0.39, 0.29) is 16.6 Å². The number of hydrogen-bond donors (Lipinski definition) is 3. The van der Waals surface area contributed by atoms with Crippen molar-refractivity contribution in [2.24, 2.45) is 0 Å². The van der Waals surface area contributed by atoms with E-state index in [2.05, 4.69) is 24.8 Å². The van der Waals surface area contributed by atoms with Crippen LogP contribution in [-0.2, 0) is 10.0 Å². The van der Waals surface area contributed by atoms with E-state index in [1.54, 1.807) is 41.2 Å². The highest BCUT2D eigenvalue weighted by atomic mass is 32.2. The van der Waals surface area contributed by atoms with E-state index >= 15 is 0 Å². The molecule has 0 bridgehead atoms. The Morgan fingerprint density at radius 2 is 2.00 bits per heavy atom. The molecule has 5 rings (SSSR count). The summed E-state index contributed by atoms with van der Waals surface area (Å²) in [7, 11) is -3.85. The Hall–Kier alpha value is -3.92. The molecule has 0 saturated carbocycles. The van der Waals surface area contributed by atoms with Crippen molar-refractivity contribution in [2.45, 2.75) is 4.90 Å². The number of fused-ring (bicyclic) bond motifs is 2. The van der Waals surface area contributed by atoms with Gasteiger partial charge in [0.05, 0.1) is 22.3 Å². The van der Waals surface area contributed by atoms with E-state index in [9.17, 15) is 13.5 Å². The van der Waals surface area contributed by atoms with Gasteiger partial charge in [0.15, 0.2) is 11.5 Å². The number of aromatic amines is 1. The van der Waals surface area contributed by atoms with Gasteiger partial charge in [-0.1, -0.05) is 6.07 Å². The smallest absolute Gasteiger partial charge is 0.261 e. The van der Waals surface area contributed by atoms with E-state index in [4.69, 9.17) is 0 Å². The first-order chi connectivity index (χ1) is 14.0. The van der Waals surface area contributed by atoms with Crippen LogP contribution in [0.15, 0.2) is 72.0 Å². The number of H-pyrrole nitrogens is 1. The van der Waals surface area contributed by atoms with Crippen molar-refractivity contribution in [3.63, 3.8) is 0 Å². The van der Waals surface area contributed by atoms with Gasteiger partial charge in [-0.05, 0) is 42.5 Å². The zero-order chi connectivity index (χ0) is 20.0. The van der Waals surface area contributed by atoms with E-state index in [0.29, 0.717) is 27.8 Å². The molecule has 0 aliphatic carbocycles. The molecule has 0 spiro atoms. The highest BCUT2D eigenvalue weighted by Crippen LogP contribution is 2.36. The van der Waals surface area contributed by atoms with E-state index in [1.807, 2.05) is 12.1 Å². The maximum absolute atomic E-state index is 12.8. The number of benzene rings is 1. The summed E-state index contributed by atoms with van der Waals surface area (Å²) in [5, 5.41) is 15.3. The quantitative estimate of drug-likeness (QED) is 0.421. The Bertz CT molecular complexity index is 1420. The molecule has 0 saturated heterocycles. The van der Waals surface area contributed by atoms with Crippen LogP contribution in [0.1, 0.15) is 0 Å². The molecule has 0 atom stereocenters. The predicted molar refractivity (Wildman–Crippen MR) is 107 cm³/mol. The first kappa shape index (κ1) is 17.2. The molecule has 0 radical (unpaired) electrons. The van der Waals surface area contributed by atoms with Crippen LogP contribution in [0, 0.1) is 0 Å². The standard InChI is InChI=1S/C19H14N6O3S/c26-19-17(18-22-16-5-1-2-9-25(16)23-18)14-10-13(6-7-15(14)21-19)29(27,28)24-12-4-3-8-20-11-12/h1-11,21,24,26H. The van der Waals surface area contributed by atoms with Crippen LogP contribution >= 0.6 is 0 Å². The van der Waals surface area contributed by atoms with Crippen molar-refractivity contribution in [2.75, 3.05) is 4.72 Å². The number of sulfonamides is 1. The second-order valence-corrected chi connectivity index (χ2v) is 8.02. The van der Waals surface area contributed by atoms with Crippen LogP contribution in [0.5, 0.6) is 5.88 Å². The lowest BCUT2D eigenvalue weighted by Gasteiger charge is -2.07. The minimum absolute atomic E-state index is 0.0397. The molecule has 0 fully saturated rings. The van der Waals surface area contributed by atoms with Crippen LogP contribution in [0.25, 0.3) is 27.9 Å². The third kappa shape index (κ3) is 2.95. The van der Waals surface area contributed by atoms with Gasteiger partial charge in [0.25, 0.3) is 10.0 Å². The monoisotopic (exact) mass is 406 g/mol. The Morgan fingerprint density at radius 3 is 2.79 bits per heavy atom. The number of nitrogens with one attached hydrogen (secondary N) is 2. The molecule has 0 unspecified atom stereocenters. The first-order valence-electron chi connectivity index (χ1n) is 8.60. The van der Waals surface area contributed by atoms with Gasteiger partial charge in [-0.3, -0.25) is 9.71 Å². The number of aromatic nitrogens is 5. The Morgan fingerprint density at radius 1 is 1.10 bits per heavy atom. The van der Waals surface area contributed by atoms with Gasteiger partial charge in [-0.2, -0.15) is 0 Å². The third-order valence-corrected chi connectivity index (χ3v) is 5.82. The zero-order valence-corrected chi connectivity index (χ0v) is 15.6. The maximum atomic E-state index is 12.8. The van der Waals surface area contributed by atoms with Crippen LogP contribution in [0.3, 0.4) is 0 Å². The van der Waals surface area contributed by atoms with Crippen molar-refractivity contribution < 1.29 is 13.5 Å². The van der Waals surface area contributed by atoms with Crippen LogP contribution < -0.4 is 4.72 Å². The van der Waals surface area contributed by atoms with E-state index in [0.717, 1.165) is 0 Å². The summed E-state index contributed by atoms with van der Waals surface area (Å²) in [6.45, 7) is 0. The zero-order valence-electron chi connectivity index (χ0n) is 14.8. The highest BCUT2D eigenvalue weighted by Gasteiger charge is 2.21. The summed E-state index contributed by atoms with van der Waals surface area (Å²) in [4.78, 5) is 11.2. The fraction of sp³-hybridized carbons (Fsp3) is 0. The Kier molecular flexibility index (Phi) is 3.74. The molecule has 5 aromatic rings. The molecule has 4 heterocycles. The molecule has 144 valence electrons. The van der Waals surface area contributed by atoms with Crippen molar-refractivity contribution in [3.8, 4) is 17.3 Å². The number of nitrogens with zero attached hydrogens (tertiary/aromatic N) is 4. The number of aromatic hydroxyl groups is 1. The number of anilines is 1. The van der Waals surface area contributed by atoms with Gasteiger partial charge in [0.2, 0.25) is 5.88 Å². The number of hydrogen-bond acceptors (Lipinski definition) is 6. The molecule has 4 aromatic heterocycles. The van der Waals surface area contributed by atoms with Gasteiger partial charge in [0.1, 0.15) is 0 Å². The van der Waals surface area contributed by atoms with Gasteiger partial charge in [-0.25, -0.2) is 17.9 Å². The Balaban J connectivity index is 1.64. The Labute approximate surface area is 164 Å². The SMILES string of the molecule is O=S(=O)(Nc1cccnc1)c1ccc2[nH]c(O)c(-c3nc4ccccn4n3)c2c1. The molecule has 0 amide bonds. The van der Waals surface area contributed by atoms with Gasteiger partial charge >= 0.3 is 0 Å². The molecule has 29 heavy (non-hydrogen) atoms. The third-order valence-electron chi connectivity index (χ3n) is 4.44. The fourth-order valence-corrected chi connectivity index (χ4v) is 4.19. The molecular weight excluding hydrogens is 392 g/mol. The molecule has 10 heteroatoms. The lowest BCUT2D eigenvalue weighted by molar-refractivity contribution is 0.460. The van der Waals surface area contributed by atoms with Crippen molar-refractivity contribution in [1.29, 1.82) is 0 Å². The van der Waals surface area contributed by atoms with Gasteiger partial charge in [0, 0.05) is 23.3 Å². The van der Waals surface area contributed by atoms with E-state index in [1.165, 1.54) is 18.3 Å². The largest absolute Gasteiger partial charge is 0.494 e. The summed E-state index contributed by atoms with van der Waals surface area (Å²) >= 11 is 0. The maximum Gasteiger partial charge on any atom is 0.261 e. The van der Waals surface area contributed by atoms with Gasteiger partial charge in [-0.15, -0.1) is 5.10 Å². The second kappa shape index (κ2) is 6.31. The summed E-state index contributed by atoms with van der Waals surface area (Å²) in [5.74, 6) is 0.153. The summed E-state index contributed by atoms with van der Waals surface area (Å²) in [6.07, 6.45) is 4.72. The molecule has 9 nitrogen and oxygen atoms in total. The topological polar surface area (TPSA) is 125 Å². The van der Waals surface area contributed by atoms with Crippen molar-refractivity contribution in [1.82, 2.24) is 24.6 Å².